The molecule has 2 rings (SSSR count). The van der Waals surface area contributed by atoms with Gasteiger partial charge in [-0.25, -0.2) is 4.98 Å². The molecular weight excluding hydrogens is 234 g/mol. The SMILES string of the molecule is CSc1nccc(OC2CCNC2)n1.Cl. The van der Waals surface area contributed by atoms with Crippen LogP contribution in [0.4, 0.5) is 0 Å². The fourth-order valence-corrected chi connectivity index (χ4v) is 1.74. The Hall–Kier alpha value is -0.520. The molecule has 0 spiro atoms. The second kappa shape index (κ2) is 6.15. The van der Waals surface area contributed by atoms with Gasteiger partial charge in [-0.15, -0.1) is 12.4 Å². The number of thioether (sulfide) groups is 1. The van der Waals surface area contributed by atoms with Crippen LogP contribution in [0.3, 0.4) is 0 Å². The highest BCUT2D eigenvalue weighted by Crippen LogP contribution is 2.15. The van der Waals surface area contributed by atoms with Crippen molar-refractivity contribution < 1.29 is 4.74 Å². The minimum Gasteiger partial charge on any atom is -0.473 e. The maximum atomic E-state index is 5.69. The molecule has 1 atom stereocenters. The highest BCUT2D eigenvalue weighted by Gasteiger charge is 2.16. The molecule has 1 saturated heterocycles. The lowest BCUT2D eigenvalue weighted by molar-refractivity contribution is 0.212. The lowest BCUT2D eigenvalue weighted by Crippen LogP contribution is -2.20. The van der Waals surface area contributed by atoms with E-state index in [1.54, 1.807) is 12.3 Å². The fourth-order valence-electron chi connectivity index (χ4n) is 1.39. The van der Waals surface area contributed by atoms with Gasteiger partial charge in [0.25, 0.3) is 0 Å². The summed E-state index contributed by atoms with van der Waals surface area (Å²) >= 11 is 1.52. The maximum absolute atomic E-state index is 5.69. The molecule has 1 unspecified atom stereocenters. The van der Waals surface area contributed by atoms with Crippen molar-refractivity contribution in [2.75, 3.05) is 19.3 Å². The molecule has 15 heavy (non-hydrogen) atoms. The van der Waals surface area contributed by atoms with Gasteiger partial charge in [-0.3, -0.25) is 0 Å². The predicted octanol–water partition coefficient (Wildman–Crippen LogP) is 1.36. The van der Waals surface area contributed by atoms with E-state index < -0.39 is 0 Å². The number of nitrogens with zero attached hydrogens (tertiary/aromatic N) is 2. The minimum absolute atomic E-state index is 0. The molecule has 0 radical (unpaired) electrons. The predicted molar refractivity (Wildman–Crippen MR) is 63.0 cm³/mol. The third-order valence-corrected chi connectivity index (χ3v) is 2.65. The normalized spacial score (nSPS) is 19.7. The molecule has 0 saturated carbocycles. The summed E-state index contributed by atoms with van der Waals surface area (Å²) in [6, 6.07) is 1.80. The molecule has 1 aliphatic rings. The van der Waals surface area contributed by atoms with E-state index in [4.69, 9.17) is 4.74 Å². The van der Waals surface area contributed by atoms with Gasteiger partial charge in [0, 0.05) is 18.8 Å². The molecule has 2 heterocycles. The first-order valence-corrected chi connectivity index (χ1v) is 5.85. The second-order valence-electron chi connectivity index (χ2n) is 3.11. The van der Waals surface area contributed by atoms with E-state index in [0.29, 0.717) is 5.88 Å². The molecule has 0 bridgehead atoms. The number of halogens is 1. The molecule has 4 nitrogen and oxygen atoms in total. The van der Waals surface area contributed by atoms with Gasteiger partial charge in [0.15, 0.2) is 5.16 Å². The van der Waals surface area contributed by atoms with Crippen LogP contribution in [0.1, 0.15) is 6.42 Å². The van der Waals surface area contributed by atoms with Crippen LogP contribution in [-0.4, -0.2) is 35.4 Å². The van der Waals surface area contributed by atoms with E-state index in [9.17, 15) is 0 Å². The van der Waals surface area contributed by atoms with Gasteiger partial charge < -0.3 is 10.1 Å². The van der Waals surface area contributed by atoms with E-state index in [2.05, 4.69) is 15.3 Å². The topological polar surface area (TPSA) is 47.0 Å². The van der Waals surface area contributed by atoms with E-state index in [-0.39, 0.29) is 18.5 Å². The Labute approximate surface area is 99.6 Å². The van der Waals surface area contributed by atoms with Crippen molar-refractivity contribution in [3.8, 4) is 5.88 Å². The Morgan fingerprint density at radius 1 is 1.60 bits per heavy atom. The monoisotopic (exact) mass is 247 g/mol. The Bertz CT molecular complexity index is 307. The first kappa shape index (κ1) is 12.5. The average Bonchev–Trinajstić information content (AvgIpc) is 2.71. The van der Waals surface area contributed by atoms with Crippen LogP contribution in [0.15, 0.2) is 17.4 Å². The van der Waals surface area contributed by atoms with Crippen LogP contribution in [0.25, 0.3) is 0 Å². The molecule has 0 aromatic carbocycles. The number of aromatic nitrogens is 2. The molecule has 0 amide bonds. The molecule has 1 aromatic rings. The summed E-state index contributed by atoms with van der Waals surface area (Å²) in [5.74, 6) is 0.679. The maximum Gasteiger partial charge on any atom is 0.217 e. The first-order valence-electron chi connectivity index (χ1n) is 4.63. The zero-order valence-electron chi connectivity index (χ0n) is 8.47. The third-order valence-electron chi connectivity index (χ3n) is 2.09. The van der Waals surface area contributed by atoms with Crippen molar-refractivity contribution >= 4 is 24.2 Å². The van der Waals surface area contributed by atoms with Crippen LogP contribution in [0, 0.1) is 0 Å². The van der Waals surface area contributed by atoms with Crippen LogP contribution < -0.4 is 10.1 Å². The van der Waals surface area contributed by atoms with Crippen molar-refractivity contribution in [2.24, 2.45) is 0 Å². The average molecular weight is 248 g/mol. The van der Waals surface area contributed by atoms with Crippen molar-refractivity contribution in [3.05, 3.63) is 12.3 Å². The molecule has 1 aromatic heterocycles. The summed E-state index contributed by atoms with van der Waals surface area (Å²) in [7, 11) is 0. The summed E-state index contributed by atoms with van der Waals surface area (Å²) in [5.41, 5.74) is 0. The van der Waals surface area contributed by atoms with Gasteiger partial charge in [0.2, 0.25) is 5.88 Å². The molecule has 84 valence electrons. The summed E-state index contributed by atoms with van der Waals surface area (Å²) in [6.07, 6.45) is 5.00. The first-order chi connectivity index (χ1) is 6.88. The van der Waals surface area contributed by atoms with Gasteiger partial charge >= 0.3 is 0 Å². The number of hydrogen-bond acceptors (Lipinski definition) is 5. The van der Waals surface area contributed by atoms with Gasteiger partial charge in [0.1, 0.15) is 6.10 Å². The Kier molecular flexibility index (Phi) is 5.14. The highest BCUT2D eigenvalue weighted by molar-refractivity contribution is 7.98. The smallest absolute Gasteiger partial charge is 0.217 e. The quantitative estimate of drug-likeness (QED) is 0.646. The molecule has 6 heteroatoms. The molecule has 1 aliphatic heterocycles. The standard InChI is InChI=1S/C9H13N3OS.ClH/c1-14-9-11-5-3-8(12-9)13-7-2-4-10-6-7;/h3,5,7,10H,2,4,6H2,1H3;1H. The van der Waals surface area contributed by atoms with Gasteiger partial charge in [-0.05, 0) is 19.2 Å². The number of hydrogen-bond donors (Lipinski definition) is 1. The summed E-state index contributed by atoms with van der Waals surface area (Å²) in [4.78, 5) is 8.35. The summed E-state index contributed by atoms with van der Waals surface area (Å²) in [5, 5.41) is 4.01. The van der Waals surface area contributed by atoms with Crippen LogP contribution in [0.2, 0.25) is 0 Å². The van der Waals surface area contributed by atoms with Gasteiger partial charge in [0.05, 0.1) is 0 Å². The summed E-state index contributed by atoms with van der Waals surface area (Å²) in [6.45, 7) is 1.95. The lowest BCUT2D eigenvalue weighted by Gasteiger charge is -2.11. The third kappa shape index (κ3) is 3.52. The zero-order valence-corrected chi connectivity index (χ0v) is 10.1. The number of nitrogens with one attached hydrogen (secondary N) is 1. The number of ether oxygens (including phenoxy) is 1. The van der Waals surface area contributed by atoms with Crippen LogP contribution in [-0.2, 0) is 0 Å². The van der Waals surface area contributed by atoms with Crippen LogP contribution in [0.5, 0.6) is 5.88 Å². The van der Waals surface area contributed by atoms with E-state index in [0.717, 1.165) is 24.7 Å². The summed E-state index contributed by atoms with van der Waals surface area (Å²) < 4.78 is 5.69. The van der Waals surface area contributed by atoms with Gasteiger partial charge in [-0.2, -0.15) is 4.98 Å². The van der Waals surface area contributed by atoms with E-state index in [1.165, 1.54) is 11.8 Å². The minimum atomic E-state index is 0. The van der Waals surface area contributed by atoms with Gasteiger partial charge in [-0.1, -0.05) is 11.8 Å². The molecule has 0 aliphatic carbocycles. The van der Waals surface area contributed by atoms with E-state index >= 15 is 0 Å². The second-order valence-corrected chi connectivity index (χ2v) is 3.89. The molecule has 1 N–H and O–H groups in total. The Morgan fingerprint density at radius 2 is 2.47 bits per heavy atom. The van der Waals surface area contributed by atoms with Crippen molar-refractivity contribution in [1.82, 2.24) is 15.3 Å². The molecular formula is C9H14ClN3OS. The van der Waals surface area contributed by atoms with Crippen molar-refractivity contribution in [1.29, 1.82) is 0 Å². The zero-order chi connectivity index (χ0) is 9.80. The molecule has 1 fully saturated rings. The fraction of sp³-hybridized carbons (Fsp3) is 0.556. The van der Waals surface area contributed by atoms with Crippen LogP contribution >= 0.6 is 24.2 Å². The Morgan fingerprint density at radius 3 is 3.13 bits per heavy atom. The van der Waals surface area contributed by atoms with E-state index in [1.807, 2.05) is 6.26 Å². The van der Waals surface area contributed by atoms with Crippen molar-refractivity contribution in [3.63, 3.8) is 0 Å². The number of rotatable bonds is 3. The largest absolute Gasteiger partial charge is 0.473 e. The van der Waals surface area contributed by atoms with Crippen molar-refractivity contribution in [2.45, 2.75) is 17.7 Å². The highest BCUT2D eigenvalue weighted by atomic mass is 35.5. The Balaban J connectivity index is 0.00000112. The lowest BCUT2D eigenvalue weighted by atomic mass is 10.3.